The fourth-order valence-electron chi connectivity index (χ4n) is 2.07. The van der Waals surface area contributed by atoms with Crippen LogP contribution in [-0.2, 0) is 6.54 Å². The van der Waals surface area contributed by atoms with Crippen LogP contribution in [0, 0.1) is 13.8 Å². The maximum Gasteiger partial charge on any atom is 0.334 e. The Labute approximate surface area is 102 Å². The van der Waals surface area contributed by atoms with E-state index in [1.54, 1.807) is 4.90 Å². The van der Waals surface area contributed by atoms with Crippen LogP contribution in [-0.4, -0.2) is 29.0 Å². The van der Waals surface area contributed by atoms with Crippen LogP contribution in [0.5, 0.6) is 0 Å². The first-order valence-electron chi connectivity index (χ1n) is 5.95. The number of urea groups is 1. The van der Waals surface area contributed by atoms with E-state index in [4.69, 9.17) is 5.84 Å². The van der Waals surface area contributed by atoms with E-state index >= 15 is 0 Å². The number of nitrogens with zero attached hydrogens (tertiary/aromatic N) is 2. The van der Waals surface area contributed by atoms with Crippen molar-refractivity contribution in [1.29, 1.82) is 0 Å². The first-order chi connectivity index (χ1) is 8.08. The fourth-order valence-corrected chi connectivity index (χ4v) is 2.07. The lowest BCUT2D eigenvalue weighted by atomic mass is 10.1. The van der Waals surface area contributed by atoms with Gasteiger partial charge in [-0.05, 0) is 37.0 Å². The van der Waals surface area contributed by atoms with E-state index in [0.717, 1.165) is 18.5 Å². The van der Waals surface area contributed by atoms with Crippen LogP contribution in [0.25, 0.3) is 0 Å². The molecule has 0 unspecified atom stereocenters. The molecule has 1 aromatic rings. The Morgan fingerprint density at radius 1 is 1.24 bits per heavy atom. The molecule has 1 saturated heterocycles. The summed E-state index contributed by atoms with van der Waals surface area (Å²) in [6.07, 6.45) is 0.938. The molecule has 1 aromatic carbocycles. The molecule has 2 rings (SSSR count). The molecule has 1 aliphatic heterocycles. The van der Waals surface area contributed by atoms with Crippen molar-refractivity contribution in [3.8, 4) is 0 Å². The van der Waals surface area contributed by atoms with E-state index in [9.17, 15) is 4.79 Å². The van der Waals surface area contributed by atoms with E-state index in [2.05, 4.69) is 32.0 Å². The van der Waals surface area contributed by atoms with Gasteiger partial charge in [-0.3, -0.25) is 5.01 Å². The van der Waals surface area contributed by atoms with Crippen LogP contribution >= 0.6 is 0 Å². The summed E-state index contributed by atoms with van der Waals surface area (Å²) in [5.41, 5.74) is 3.70. The van der Waals surface area contributed by atoms with Crippen LogP contribution in [0.15, 0.2) is 18.2 Å². The number of rotatable bonds is 2. The van der Waals surface area contributed by atoms with E-state index < -0.39 is 0 Å². The van der Waals surface area contributed by atoms with Crippen LogP contribution in [0.3, 0.4) is 0 Å². The van der Waals surface area contributed by atoms with E-state index in [0.29, 0.717) is 13.1 Å². The van der Waals surface area contributed by atoms with Gasteiger partial charge < -0.3 is 4.90 Å². The third-order valence-corrected chi connectivity index (χ3v) is 3.29. The van der Waals surface area contributed by atoms with Gasteiger partial charge in [0, 0.05) is 19.6 Å². The molecule has 2 N–H and O–H groups in total. The smallest absolute Gasteiger partial charge is 0.319 e. The zero-order valence-electron chi connectivity index (χ0n) is 10.4. The molecule has 92 valence electrons. The maximum absolute atomic E-state index is 11.8. The van der Waals surface area contributed by atoms with Crippen molar-refractivity contribution < 1.29 is 4.79 Å². The number of hydrazine groups is 1. The van der Waals surface area contributed by atoms with Crippen LogP contribution in [0.2, 0.25) is 0 Å². The van der Waals surface area contributed by atoms with Crippen molar-refractivity contribution >= 4 is 6.03 Å². The van der Waals surface area contributed by atoms with Gasteiger partial charge in [0.25, 0.3) is 0 Å². The number of hydrogen-bond acceptors (Lipinski definition) is 2. The maximum atomic E-state index is 11.8. The summed E-state index contributed by atoms with van der Waals surface area (Å²) >= 11 is 0. The molecule has 1 fully saturated rings. The van der Waals surface area contributed by atoms with Gasteiger partial charge in [-0.1, -0.05) is 18.2 Å². The van der Waals surface area contributed by atoms with Gasteiger partial charge in [0.2, 0.25) is 0 Å². The second kappa shape index (κ2) is 4.75. The highest BCUT2D eigenvalue weighted by molar-refractivity contribution is 5.74. The second-order valence-corrected chi connectivity index (χ2v) is 4.67. The predicted octanol–water partition coefficient (Wildman–Crippen LogP) is 1.80. The highest BCUT2D eigenvalue weighted by Crippen LogP contribution is 2.14. The Hall–Kier alpha value is -1.55. The summed E-state index contributed by atoms with van der Waals surface area (Å²) in [5.74, 6) is 5.62. The molecule has 1 heterocycles. The Bertz CT molecular complexity index is 431. The lowest BCUT2D eigenvalue weighted by Crippen LogP contribution is -2.52. The van der Waals surface area contributed by atoms with Gasteiger partial charge in [0.05, 0.1) is 0 Å². The monoisotopic (exact) mass is 233 g/mol. The minimum Gasteiger partial charge on any atom is -0.319 e. The van der Waals surface area contributed by atoms with Crippen LogP contribution in [0.4, 0.5) is 4.79 Å². The number of carbonyl (C=O) groups excluding carboxylic acids is 1. The molecule has 0 spiro atoms. The van der Waals surface area contributed by atoms with Gasteiger partial charge in [0.15, 0.2) is 0 Å². The minimum atomic E-state index is -0.0746. The second-order valence-electron chi connectivity index (χ2n) is 4.67. The summed E-state index contributed by atoms with van der Waals surface area (Å²) in [6.45, 7) is 6.27. The number of aryl methyl sites for hydroxylation is 2. The molecule has 0 saturated carbocycles. The van der Waals surface area contributed by atoms with Gasteiger partial charge in [-0.25, -0.2) is 10.6 Å². The number of carbonyl (C=O) groups is 1. The Balaban J connectivity index is 2.09. The molecule has 4 nitrogen and oxygen atoms in total. The largest absolute Gasteiger partial charge is 0.334 e. The lowest BCUT2D eigenvalue weighted by Gasteiger charge is -2.32. The molecule has 17 heavy (non-hydrogen) atoms. The molecular weight excluding hydrogens is 214 g/mol. The summed E-state index contributed by atoms with van der Waals surface area (Å²) in [6, 6.07) is 6.23. The van der Waals surface area contributed by atoms with Crippen molar-refractivity contribution in [3.05, 3.63) is 34.9 Å². The van der Waals surface area contributed by atoms with Gasteiger partial charge in [-0.2, -0.15) is 0 Å². The number of nitrogens with two attached hydrogens (primary N) is 1. The van der Waals surface area contributed by atoms with Crippen molar-refractivity contribution in [2.75, 3.05) is 13.1 Å². The Morgan fingerprint density at radius 3 is 2.71 bits per heavy atom. The van der Waals surface area contributed by atoms with Gasteiger partial charge >= 0.3 is 6.03 Å². The predicted molar refractivity (Wildman–Crippen MR) is 67.2 cm³/mol. The third-order valence-electron chi connectivity index (χ3n) is 3.29. The molecule has 0 aromatic heterocycles. The van der Waals surface area contributed by atoms with Crippen LogP contribution < -0.4 is 5.84 Å². The van der Waals surface area contributed by atoms with Gasteiger partial charge in [-0.15, -0.1) is 0 Å². The molecule has 0 atom stereocenters. The van der Waals surface area contributed by atoms with E-state index in [1.807, 2.05) is 0 Å². The van der Waals surface area contributed by atoms with Crippen LogP contribution in [0.1, 0.15) is 23.1 Å². The standard InChI is InChI=1S/C13H19N3O/c1-10-4-5-12(8-11(10)2)9-15-6-3-7-16(14)13(15)17/h4-5,8H,3,6-7,9,14H2,1-2H3. The summed E-state index contributed by atoms with van der Waals surface area (Å²) in [5, 5.41) is 1.30. The zero-order valence-corrected chi connectivity index (χ0v) is 10.4. The van der Waals surface area contributed by atoms with Crippen molar-refractivity contribution in [1.82, 2.24) is 9.91 Å². The first-order valence-corrected chi connectivity index (χ1v) is 5.95. The zero-order chi connectivity index (χ0) is 12.4. The van der Waals surface area contributed by atoms with Crippen molar-refractivity contribution in [2.24, 2.45) is 5.84 Å². The van der Waals surface area contributed by atoms with Crippen molar-refractivity contribution in [3.63, 3.8) is 0 Å². The highest BCUT2D eigenvalue weighted by atomic mass is 16.2. The molecule has 0 radical (unpaired) electrons. The number of hydrogen-bond donors (Lipinski definition) is 1. The van der Waals surface area contributed by atoms with E-state index in [1.165, 1.54) is 16.1 Å². The average Bonchev–Trinajstić information content (AvgIpc) is 2.30. The minimum absolute atomic E-state index is 0.0746. The number of benzene rings is 1. The normalized spacial score (nSPS) is 16.5. The SMILES string of the molecule is Cc1ccc(CN2CCCN(N)C2=O)cc1C. The quantitative estimate of drug-likeness (QED) is 0.625. The number of amides is 2. The lowest BCUT2D eigenvalue weighted by molar-refractivity contribution is 0.127. The summed E-state index contributed by atoms with van der Waals surface area (Å²) in [7, 11) is 0. The van der Waals surface area contributed by atoms with E-state index in [-0.39, 0.29) is 6.03 Å². The molecule has 1 aliphatic rings. The van der Waals surface area contributed by atoms with Crippen molar-refractivity contribution in [2.45, 2.75) is 26.8 Å². The molecular formula is C13H19N3O. The molecule has 0 bridgehead atoms. The topological polar surface area (TPSA) is 49.6 Å². The molecule has 2 amide bonds. The first kappa shape index (κ1) is 11.9. The third kappa shape index (κ3) is 2.58. The fraction of sp³-hybridized carbons (Fsp3) is 0.462. The Kier molecular flexibility index (Phi) is 3.33. The molecule has 0 aliphatic carbocycles. The Morgan fingerprint density at radius 2 is 2.00 bits per heavy atom. The summed E-state index contributed by atoms with van der Waals surface area (Å²) in [4.78, 5) is 13.6. The summed E-state index contributed by atoms with van der Waals surface area (Å²) < 4.78 is 0. The average molecular weight is 233 g/mol. The molecule has 4 heteroatoms. The highest BCUT2D eigenvalue weighted by Gasteiger charge is 2.23. The van der Waals surface area contributed by atoms with Gasteiger partial charge in [0.1, 0.15) is 0 Å².